The first-order chi connectivity index (χ1) is 14.3. The van der Waals surface area contributed by atoms with E-state index in [9.17, 15) is 0 Å². The summed E-state index contributed by atoms with van der Waals surface area (Å²) in [5, 5.41) is 4.23. The van der Waals surface area contributed by atoms with Crippen molar-refractivity contribution in [3.63, 3.8) is 0 Å². The fourth-order valence-corrected chi connectivity index (χ4v) is 4.34. The van der Waals surface area contributed by atoms with Gasteiger partial charge in [-0.2, -0.15) is 5.10 Å². The van der Waals surface area contributed by atoms with Gasteiger partial charge in [0.1, 0.15) is 0 Å². The number of nitrogens with one attached hydrogen (secondary N) is 1. The zero-order valence-electron chi connectivity index (χ0n) is 21.1. The van der Waals surface area contributed by atoms with E-state index in [2.05, 4.69) is 52.1 Å². The second kappa shape index (κ2) is 15.2. The van der Waals surface area contributed by atoms with E-state index >= 15 is 0 Å². The smallest absolute Gasteiger partial charge is 0.161 e. The number of nitrogens with zero attached hydrogens (tertiary/aromatic N) is 1. The van der Waals surface area contributed by atoms with Gasteiger partial charge in [0.05, 0.1) is 24.4 Å². The van der Waals surface area contributed by atoms with Crippen LogP contribution in [-0.4, -0.2) is 43.0 Å². The van der Waals surface area contributed by atoms with Crippen LogP contribution >= 0.6 is 0 Å². The number of hydrogen-bond acceptors (Lipinski definition) is 5. The summed E-state index contributed by atoms with van der Waals surface area (Å²) in [4.78, 5) is 0. The Morgan fingerprint density at radius 2 is 1.53 bits per heavy atom. The SMILES string of the molecule is CCC1O[C@H](OC(C)C)C(CCCCCCCCNN=C(C)C)C(C)[C@@H]1OC(C)C. The van der Waals surface area contributed by atoms with Crippen molar-refractivity contribution in [3.05, 3.63) is 0 Å². The Labute approximate surface area is 186 Å². The predicted molar refractivity (Wildman–Crippen MR) is 127 cm³/mol. The zero-order valence-corrected chi connectivity index (χ0v) is 21.1. The molecule has 0 radical (unpaired) electrons. The molecule has 0 spiro atoms. The Bertz CT molecular complexity index is 463. The topological polar surface area (TPSA) is 52.1 Å². The normalized spacial score (nSPS) is 26.9. The lowest BCUT2D eigenvalue weighted by atomic mass is 9.79. The Morgan fingerprint density at radius 1 is 0.933 bits per heavy atom. The molecule has 1 N–H and O–H groups in total. The maximum atomic E-state index is 6.43. The van der Waals surface area contributed by atoms with E-state index in [4.69, 9.17) is 14.2 Å². The maximum absolute atomic E-state index is 6.43. The van der Waals surface area contributed by atoms with Crippen LogP contribution in [-0.2, 0) is 14.2 Å². The molecule has 1 aliphatic heterocycles. The van der Waals surface area contributed by atoms with Crippen LogP contribution in [0, 0.1) is 11.8 Å². The van der Waals surface area contributed by atoms with Gasteiger partial charge in [0, 0.05) is 18.2 Å². The molecule has 5 atom stereocenters. The highest BCUT2D eigenvalue weighted by atomic mass is 16.7. The minimum atomic E-state index is -0.106. The fourth-order valence-electron chi connectivity index (χ4n) is 4.34. The predicted octanol–water partition coefficient (Wildman–Crippen LogP) is 6.31. The molecule has 0 aromatic heterocycles. The van der Waals surface area contributed by atoms with Crippen molar-refractivity contribution >= 4 is 5.71 Å². The molecule has 0 aromatic rings. The third-order valence-corrected chi connectivity index (χ3v) is 5.84. The van der Waals surface area contributed by atoms with E-state index < -0.39 is 0 Å². The van der Waals surface area contributed by atoms with Gasteiger partial charge in [0.25, 0.3) is 0 Å². The average Bonchev–Trinajstić information content (AvgIpc) is 2.66. The van der Waals surface area contributed by atoms with Crippen LogP contribution in [0.2, 0.25) is 0 Å². The first kappa shape index (κ1) is 27.4. The molecule has 0 aliphatic carbocycles. The molecule has 0 amide bonds. The zero-order chi connectivity index (χ0) is 22.5. The molecular formula is C25H50N2O3. The number of rotatable bonds is 15. The van der Waals surface area contributed by atoms with Gasteiger partial charge in [0.15, 0.2) is 6.29 Å². The minimum Gasteiger partial charge on any atom is -0.373 e. The molecule has 5 nitrogen and oxygen atoms in total. The number of ether oxygens (including phenoxy) is 3. The highest BCUT2D eigenvalue weighted by molar-refractivity contribution is 5.78. The van der Waals surface area contributed by atoms with E-state index in [-0.39, 0.29) is 30.7 Å². The quantitative estimate of drug-likeness (QED) is 0.189. The molecule has 1 heterocycles. The van der Waals surface area contributed by atoms with Crippen molar-refractivity contribution in [1.29, 1.82) is 0 Å². The second-order valence-corrected chi connectivity index (χ2v) is 9.69. The third kappa shape index (κ3) is 10.6. The van der Waals surface area contributed by atoms with Crippen molar-refractivity contribution in [1.82, 2.24) is 5.43 Å². The number of hydrogen-bond donors (Lipinski definition) is 1. The second-order valence-electron chi connectivity index (χ2n) is 9.69. The lowest BCUT2D eigenvalue weighted by Crippen LogP contribution is -2.53. The van der Waals surface area contributed by atoms with Gasteiger partial charge >= 0.3 is 0 Å². The summed E-state index contributed by atoms with van der Waals surface area (Å²) in [6.07, 6.45) is 10.3. The van der Waals surface area contributed by atoms with Crippen LogP contribution in [0.1, 0.15) is 107 Å². The van der Waals surface area contributed by atoms with Gasteiger partial charge in [-0.25, -0.2) is 0 Å². The first-order valence-corrected chi connectivity index (χ1v) is 12.5. The van der Waals surface area contributed by atoms with E-state index in [1.54, 1.807) is 0 Å². The highest BCUT2D eigenvalue weighted by Gasteiger charge is 2.44. The summed E-state index contributed by atoms with van der Waals surface area (Å²) in [6.45, 7) is 18.0. The monoisotopic (exact) mass is 426 g/mol. The van der Waals surface area contributed by atoms with Crippen LogP contribution in [0.15, 0.2) is 5.10 Å². The molecule has 1 rings (SSSR count). The Balaban J connectivity index is 2.44. The van der Waals surface area contributed by atoms with Crippen molar-refractivity contribution in [2.45, 2.75) is 137 Å². The number of unbranched alkanes of at least 4 members (excludes halogenated alkanes) is 5. The van der Waals surface area contributed by atoms with Crippen molar-refractivity contribution in [3.8, 4) is 0 Å². The molecule has 0 aromatic carbocycles. The molecule has 1 aliphatic rings. The van der Waals surface area contributed by atoms with E-state index in [0.29, 0.717) is 11.8 Å². The van der Waals surface area contributed by atoms with Crippen LogP contribution in [0.3, 0.4) is 0 Å². The summed E-state index contributed by atoms with van der Waals surface area (Å²) in [5.74, 6) is 0.849. The number of hydrazone groups is 1. The van der Waals surface area contributed by atoms with Gasteiger partial charge in [-0.1, -0.05) is 46.0 Å². The molecule has 0 saturated carbocycles. The average molecular weight is 427 g/mol. The third-order valence-electron chi connectivity index (χ3n) is 5.84. The minimum absolute atomic E-state index is 0.106. The van der Waals surface area contributed by atoms with Crippen molar-refractivity contribution < 1.29 is 14.2 Å². The largest absolute Gasteiger partial charge is 0.373 e. The van der Waals surface area contributed by atoms with Gasteiger partial charge in [0.2, 0.25) is 0 Å². The summed E-state index contributed by atoms with van der Waals surface area (Å²) in [6, 6.07) is 0. The standard InChI is InChI=1S/C25H50N2O3/c1-9-23-24(28-19(4)5)21(8)22(25(30-23)29-20(6)7)16-14-12-10-11-13-15-17-26-27-18(2)3/h19-26H,9-17H2,1-8H3/t21?,22?,23?,24-,25-/m0/s1. The molecule has 1 fully saturated rings. The Kier molecular flexibility index (Phi) is 13.9. The fraction of sp³-hybridized carbons (Fsp3) is 0.960. The van der Waals surface area contributed by atoms with Crippen molar-refractivity contribution in [2.24, 2.45) is 16.9 Å². The van der Waals surface area contributed by atoms with Gasteiger partial charge in [-0.3, -0.25) is 0 Å². The molecule has 1 saturated heterocycles. The van der Waals surface area contributed by atoms with Gasteiger partial charge in [-0.15, -0.1) is 0 Å². The van der Waals surface area contributed by atoms with Crippen LogP contribution in [0.5, 0.6) is 0 Å². The lowest BCUT2D eigenvalue weighted by molar-refractivity contribution is -0.288. The molecular weight excluding hydrogens is 376 g/mol. The van der Waals surface area contributed by atoms with Crippen LogP contribution in [0.25, 0.3) is 0 Å². The molecule has 178 valence electrons. The Morgan fingerprint density at radius 3 is 2.10 bits per heavy atom. The first-order valence-electron chi connectivity index (χ1n) is 12.5. The molecule has 3 unspecified atom stereocenters. The summed E-state index contributed by atoms with van der Waals surface area (Å²) in [7, 11) is 0. The molecule has 0 bridgehead atoms. The molecule has 30 heavy (non-hydrogen) atoms. The Hall–Kier alpha value is -0.650. The van der Waals surface area contributed by atoms with Gasteiger partial charge in [-0.05, 0) is 66.7 Å². The van der Waals surface area contributed by atoms with Crippen LogP contribution < -0.4 is 5.43 Å². The van der Waals surface area contributed by atoms with E-state index in [1.165, 1.54) is 38.5 Å². The van der Waals surface area contributed by atoms with E-state index in [1.807, 2.05) is 13.8 Å². The summed E-state index contributed by atoms with van der Waals surface area (Å²) in [5.41, 5.74) is 4.21. The summed E-state index contributed by atoms with van der Waals surface area (Å²) < 4.78 is 18.9. The van der Waals surface area contributed by atoms with E-state index in [0.717, 1.165) is 25.1 Å². The maximum Gasteiger partial charge on any atom is 0.161 e. The van der Waals surface area contributed by atoms with Crippen LogP contribution in [0.4, 0.5) is 0 Å². The molecule has 5 heteroatoms. The summed E-state index contributed by atoms with van der Waals surface area (Å²) >= 11 is 0. The van der Waals surface area contributed by atoms with Crippen molar-refractivity contribution in [2.75, 3.05) is 6.54 Å². The van der Waals surface area contributed by atoms with Gasteiger partial charge < -0.3 is 19.6 Å². The lowest BCUT2D eigenvalue weighted by Gasteiger charge is -2.46. The highest BCUT2D eigenvalue weighted by Crippen LogP contribution is 2.38.